The number of ether oxygens (including phenoxy) is 2. The molecule has 0 radical (unpaired) electrons. The van der Waals surface area contributed by atoms with Crippen molar-refractivity contribution < 1.29 is 18.8 Å². The van der Waals surface area contributed by atoms with E-state index in [1.807, 2.05) is 13.8 Å². The molecule has 0 spiro atoms. The van der Waals surface area contributed by atoms with Crippen molar-refractivity contribution in [2.24, 2.45) is 0 Å². The first-order chi connectivity index (χ1) is 12.6. The second-order valence-electron chi connectivity index (χ2n) is 6.92. The fourth-order valence-electron chi connectivity index (χ4n) is 3.57. The van der Waals surface area contributed by atoms with E-state index in [9.17, 15) is 4.79 Å². The third-order valence-electron chi connectivity index (χ3n) is 5.04. The molecular formula is C19H23N3O4. The number of rotatable bonds is 4. The average molecular weight is 357 g/mol. The van der Waals surface area contributed by atoms with Gasteiger partial charge in [-0.2, -0.15) is 0 Å². The van der Waals surface area contributed by atoms with Crippen LogP contribution < -0.4 is 14.8 Å². The molecule has 1 amide bonds. The Labute approximate surface area is 152 Å². The van der Waals surface area contributed by atoms with Crippen LogP contribution in [0.15, 0.2) is 22.7 Å². The fraction of sp³-hybridized carbons (Fsp3) is 0.474. The second-order valence-corrected chi connectivity index (χ2v) is 6.92. The predicted octanol–water partition coefficient (Wildman–Crippen LogP) is 2.41. The van der Waals surface area contributed by atoms with Crippen LogP contribution in [-0.4, -0.2) is 41.9 Å². The molecule has 2 aliphatic heterocycles. The number of amides is 1. The highest BCUT2D eigenvalue weighted by Crippen LogP contribution is 2.32. The maximum absolute atomic E-state index is 12.6. The monoisotopic (exact) mass is 357 g/mol. The molecular weight excluding hydrogens is 334 g/mol. The third kappa shape index (κ3) is 3.39. The van der Waals surface area contributed by atoms with Gasteiger partial charge in [-0.3, -0.25) is 9.69 Å². The highest BCUT2D eigenvalue weighted by Gasteiger charge is 2.24. The lowest BCUT2D eigenvalue weighted by Crippen LogP contribution is -2.47. The van der Waals surface area contributed by atoms with Crippen molar-refractivity contribution in [3.05, 3.63) is 40.8 Å². The summed E-state index contributed by atoms with van der Waals surface area (Å²) in [6.07, 6.45) is 2.03. The lowest BCUT2D eigenvalue weighted by atomic mass is 10.0. The number of likely N-dealkylation sites (tertiary alicyclic amines) is 1. The summed E-state index contributed by atoms with van der Waals surface area (Å²) in [6, 6.07) is 5.42. The molecule has 1 aromatic heterocycles. The Bertz CT molecular complexity index is 798. The third-order valence-corrected chi connectivity index (χ3v) is 5.04. The van der Waals surface area contributed by atoms with Gasteiger partial charge in [-0.25, -0.2) is 0 Å². The molecule has 7 nitrogen and oxygen atoms in total. The van der Waals surface area contributed by atoms with Crippen LogP contribution in [0.4, 0.5) is 0 Å². The number of fused-ring (bicyclic) bond motifs is 1. The minimum atomic E-state index is -0.0764. The zero-order chi connectivity index (χ0) is 18.1. The summed E-state index contributed by atoms with van der Waals surface area (Å²) < 4.78 is 15.9. The molecule has 4 rings (SSSR count). The lowest BCUT2D eigenvalue weighted by Gasteiger charge is -2.33. The Hall–Kier alpha value is -2.54. The maximum atomic E-state index is 12.6. The topological polar surface area (TPSA) is 76.8 Å². The minimum absolute atomic E-state index is 0.0764. The quantitative estimate of drug-likeness (QED) is 0.906. The van der Waals surface area contributed by atoms with Crippen molar-refractivity contribution in [2.75, 3.05) is 19.9 Å². The maximum Gasteiger partial charge on any atom is 0.251 e. The number of piperidine rings is 1. The normalized spacial score (nSPS) is 19.5. The lowest BCUT2D eigenvalue weighted by molar-refractivity contribution is 0.0900. The van der Waals surface area contributed by atoms with E-state index < -0.39 is 0 Å². The molecule has 2 aromatic rings. The van der Waals surface area contributed by atoms with Crippen LogP contribution in [0.3, 0.4) is 0 Å². The fourth-order valence-corrected chi connectivity index (χ4v) is 3.57. The minimum Gasteiger partial charge on any atom is -0.454 e. The van der Waals surface area contributed by atoms with Gasteiger partial charge in [0.05, 0.1) is 5.69 Å². The first-order valence-electron chi connectivity index (χ1n) is 8.95. The summed E-state index contributed by atoms with van der Waals surface area (Å²) >= 11 is 0. The smallest absolute Gasteiger partial charge is 0.251 e. The van der Waals surface area contributed by atoms with Gasteiger partial charge in [0.25, 0.3) is 5.91 Å². The van der Waals surface area contributed by atoms with Crippen molar-refractivity contribution in [2.45, 2.75) is 39.3 Å². The van der Waals surface area contributed by atoms with Gasteiger partial charge in [0.2, 0.25) is 6.79 Å². The van der Waals surface area contributed by atoms with Crippen LogP contribution in [-0.2, 0) is 6.54 Å². The van der Waals surface area contributed by atoms with Crippen LogP contribution >= 0.6 is 0 Å². The Balaban J connectivity index is 1.38. The van der Waals surface area contributed by atoms with Gasteiger partial charge in [-0.05, 0) is 51.4 Å². The van der Waals surface area contributed by atoms with Crippen LogP contribution in [0.5, 0.6) is 11.5 Å². The largest absolute Gasteiger partial charge is 0.454 e. The number of nitrogens with one attached hydrogen (secondary N) is 1. The molecule has 1 atom stereocenters. The van der Waals surface area contributed by atoms with Crippen LogP contribution in [0.25, 0.3) is 0 Å². The van der Waals surface area contributed by atoms with Crippen molar-refractivity contribution >= 4 is 5.91 Å². The van der Waals surface area contributed by atoms with Gasteiger partial charge in [-0.15, -0.1) is 0 Å². The van der Waals surface area contributed by atoms with Gasteiger partial charge in [0.1, 0.15) is 5.76 Å². The number of hydrogen-bond acceptors (Lipinski definition) is 6. The molecule has 0 bridgehead atoms. The molecule has 138 valence electrons. The Morgan fingerprint density at radius 3 is 2.96 bits per heavy atom. The molecule has 1 saturated heterocycles. The number of hydrogen-bond donors (Lipinski definition) is 1. The summed E-state index contributed by atoms with van der Waals surface area (Å²) in [6.45, 7) is 6.75. The number of benzene rings is 1. The Kier molecular flexibility index (Phi) is 4.55. The van der Waals surface area contributed by atoms with E-state index in [1.165, 1.54) is 0 Å². The van der Waals surface area contributed by atoms with E-state index in [4.69, 9.17) is 14.0 Å². The average Bonchev–Trinajstić information content (AvgIpc) is 3.23. The molecule has 0 saturated carbocycles. The molecule has 7 heteroatoms. The van der Waals surface area contributed by atoms with E-state index in [0.29, 0.717) is 17.1 Å². The van der Waals surface area contributed by atoms with Crippen LogP contribution in [0, 0.1) is 13.8 Å². The summed E-state index contributed by atoms with van der Waals surface area (Å²) in [7, 11) is 0. The van der Waals surface area contributed by atoms with Crippen molar-refractivity contribution in [1.29, 1.82) is 0 Å². The summed E-state index contributed by atoms with van der Waals surface area (Å²) in [5.74, 6) is 2.10. The Morgan fingerprint density at radius 1 is 1.31 bits per heavy atom. The zero-order valence-corrected chi connectivity index (χ0v) is 15.1. The number of aromatic nitrogens is 1. The first kappa shape index (κ1) is 16.9. The zero-order valence-electron chi connectivity index (χ0n) is 15.1. The highest BCUT2D eigenvalue weighted by molar-refractivity contribution is 5.95. The molecule has 0 unspecified atom stereocenters. The van der Waals surface area contributed by atoms with Crippen molar-refractivity contribution in [3.8, 4) is 11.5 Å². The van der Waals surface area contributed by atoms with Gasteiger partial charge in [0.15, 0.2) is 11.5 Å². The van der Waals surface area contributed by atoms with Gasteiger partial charge in [0, 0.05) is 30.3 Å². The van der Waals surface area contributed by atoms with Crippen molar-refractivity contribution in [1.82, 2.24) is 15.4 Å². The number of carbonyl (C=O) groups is 1. The van der Waals surface area contributed by atoms with Gasteiger partial charge >= 0.3 is 0 Å². The molecule has 2 aliphatic rings. The van der Waals surface area contributed by atoms with Crippen molar-refractivity contribution in [3.63, 3.8) is 0 Å². The number of nitrogens with zero attached hydrogens (tertiary/aromatic N) is 2. The standard InChI is InChI=1S/C19H23N3O4/c1-12-16(13(2)26-21-12)10-22-7-3-4-15(9-22)20-19(23)14-5-6-17-18(8-14)25-11-24-17/h5-6,8,15H,3-4,7,9-11H2,1-2H3,(H,20,23)/t15-/m0/s1. The van der Waals surface area contributed by atoms with Crippen LogP contribution in [0.2, 0.25) is 0 Å². The number of carbonyl (C=O) groups excluding carboxylic acids is 1. The van der Waals surface area contributed by atoms with E-state index >= 15 is 0 Å². The molecule has 1 N–H and O–H groups in total. The number of aryl methyl sites for hydroxylation is 2. The molecule has 3 heterocycles. The molecule has 1 fully saturated rings. The van der Waals surface area contributed by atoms with E-state index in [1.54, 1.807) is 18.2 Å². The summed E-state index contributed by atoms with van der Waals surface area (Å²) in [5.41, 5.74) is 2.68. The van der Waals surface area contributed by atoms with E-state index in [-0.39, 0.29) is 18.7 Å². The summed E-state index contributed by atoms with van der Waals surface area (Å²) in [4.78, 5) is 14.9. The molecule has 0 aliphatic carbocycles. The Morgan fingerprint density at radius 2 is 2.15 bits per heavy atom. The summed E-state index contributed by atoms with van der Waals surface area (Å²) in [5, 5.41) is 7.17. The highest BCUT2D eigenvalue weighted by atomic mass is 16.7. The van der Waals surface area contributed by atoms with Gasteiger partial charge < -0.3 is 19.3 Å². The SMILES string of the molecule is Cc1noc(C)c1CN1CCC[C@H](NC(=O)c2ccc3c(c2)OCO3)C1. The van der Waals surface area contributed by atoms with E-state index in [2.05, 4.69) is 15.4 Å². The van der Waals surface area contributed by atoms with Crippen LogP contribution in [0.1, 0.15) is 40.2 Å². The van der Waals surface area contributed by atoms with E-state index in [0.717, 1.165) is 49.5 Å². The second kappa shape index (κ2) is 6.99. The molecule has 26 heavy (non-hydrogen) atoms. The van der Waals surface area contributed by atoms with Gasteiger partial charge in [-0.1, -0.05) is 5.16 Å². The predicted molar refractivity (Wildman–Crippen MR) is 94.3 cm³/mol. The molecule has 1 aromatic carbocycles. The first-order valence-corrected chi connectivity index (χ1v) is 8.95.